The molecule has 0 aromatic rings. The number of amides is 1. The molecule has 112 valence electrons. The number of hydrogen-bond acceptors (Lipinski definition) is 5. The van der Waals surface area contributed by atoms with Gasteiger partial charge in [0.15, 0.2) is 5.78 Å². The van der Waals surface area contributed by atoms with E-state index in [2.05, 4.69) is 23.9 Å². The molecule has 6 heteroatoms. The summed E-state index contributed by atoms with van der Waals surface area (Å²) in [6.45, 7) is 6.28. The van der Waals surface area contributed by atoms with Crippen LogP contribution in [0.15, 0.2) is 0 Å². The Kier molecular flexibility index (Phi) is 10.5. The van der Waals surface area contributed by atoms with E-state index >= 15 is 0 Å². The Morgan fingerprint density at radius 1 is 1.37 bits per heavy atom. The van der Waals surface area contributed by atoms with E-state index in [4.69, 9.17) is 5.73 Å². The fourth-order valence-corrected chi connectivity index (χ4v) is 2.79. The first kappa shape index (κ1) is 18.8. The molecule has 4 nitrogen and oxygen atoms in total. The van der Waals surface area contributed by atoms with Gasteiger partial charge in [-0.05, 0) is 12.3 Å². The van der Waals surface area contributed by atoms with E-state index in [1.165, 1.54) is 10.8 Å². The van der Waals surface area contributed by atoms with Gasteiger partial charge >= 0.3 is 0 Å². The third kappa shape index (κ3) is 7.22. The molecule has 0 aliphatic carbocycles. The molecule has 0 aliphatic rings. The van der Waals surface area contributed by atoms with Crippen molar-refractivity contribution in [2.24, 2.45) is 23.5 Å². The second kappa shape index (κ2) is 10.6. The minimum absolute atomic E-state index is 0.0669. The molecule has 1 amide bonds. The lowest BCUT2D eigenvalue weighted by Gasteiger charge is -2.27. The summed E-state index contributed by atoms with van der Waals surface area (Å²) in [6, 6.07) is 0. The van der Waals surface area contributed by atoms with Crippen molar-refractivity contribution in [3.63, 3.8) is 0 Å². The second-order valence-corrected chi connectivity index (χ2v) is 6.41. The van der Waals surface area contributed by atoms with Crippen molar-refractivity contribution in [1.29, 1.82) is 0 Å². The molecule has 0 bridgehead atoms. The van der Waals surface area contributed by atoms with Crippen LogP contribution in [0.25, 0.3) is 0 Å². The molecule has 0 heterocycles. The van der Waals surface area contributed by atoms with Crippen LogP contribution in [0.2, 0.25) is 0 Å². The zero-order valence-corrected chi connectivity index (χ0v) is 13.7. The molecular weight excluding hydrogens is 280 g/mol. The Labute approximate surface area is 125 Å². The van der Waals surface area contributed by atoms with E-state index in [0.29, 0.717) is 12.3 Å². The number of thiol groups is 1. The number of nitrogens with two attached hydrogens (primary N) is 1. The molecule has 0 spiro atoms. The first-order valence-electron chi connectivity index (χ1n) is 6.74. The standard InChI is InChI=1S/C13H26N2O2S2/c1-4-5-6-10(13(14)17)12(9(2)3)11(16)7-15-8-19-18/h9-10,12,15,18H,4-8H2,1-3H3,(H2,14,17)/t10-,12?/m0/s1. The minimum atomic E-state index is -0.357. The van der Waals surface area contributed by atoms with Gasteiger partial charge in [0.1, 0.15) is 0 Å². The van der Waals surface area contributed by atoms with E-state index in [1.54, 1.807) is 0 Å². The SMILES string of the molecule is CCCC[C@H](C(N)=O)C(C(=O)CNCSS)C(C)C. The first-order chi connectivity index (χ1) is 8.95. The molecule has 2 atom stereocenters. The predicted molar refractivity (Wildman–Crippen MR) is 85.0 cm³/mol. The number of ketones is 1. The Balaban J connectivity index is 4.72. The summed E-state index contributed by atoms with van der Waals surface area (Å²) in [7, 11) is 1.33. The van der Waals surface area contributed by atoms with Gasteiger partial charge in [0, 0.05) is 11.8 Å². The topological polar surface area (TPSA) is 72.2 Å². The van der Waals surface area contributed by atoms with Crippen LogP contribution in [0.4, 0.5) is 0 Å². The molecule has 0 radical (unpaired) electrons. The van der Waals surface area contributed by atoms with Crippen LogP contribution in [-0.2, 0) is 9.59 Å². The molecule has 0 aliphatic heterocycles. The number of carbonyl (C=O) groups excluding carboxylic acids is 2. The Bertz CT molecular complexity index is 286. The summed E-state index contributed by atoms with van der Waals surface area (Å²) in [6.07, 6.45) is 2.61. The molecule has 0 saturated carbocycles. The zero-order chi connectivity index (χ0) is 14.8. The monoisotopic (exact) mass is 306 g/mol. The van der Waals surface area contributed by atoms with Crippen molar-refractivity contribution in [1.82, 2.24) is 5.32 Å². The van der Waals surface area contributed by atoms with Gasteiger partial charge in [-0.3, -0.25) is 9.59 Å². The van der Waals surface area contributed by atoms with Crippen molar-refractivity contribution in [3.8, 4) is 0 Å². The van der Waals surface area contributed by atoms with Gasteiger partial charge in [-0.15, -0.1) is 11.7 Å². The maximum atomic E-state index is 12.3. The number of rotatable bonds is 11. The summed E-state index contributed by atoms with van der Waals surface area (Å²) in [5, 5.41) is 3.00. The third-order valence-electron chi connectivity index (χ3n) is 3.22. The molecule has 0 saturated heterocycles. The molecular formula is C13H26N2O2S2. The highest BCUT2D eigenvalue weighted by Gasteiger charge is 2.33. The van der Waals surface area contributed by atoms with Crippen molar-refractivity contribution in [2.75, 3.05) is 12.4 Å². The summed E-state index contributed by atoms with van der Waals surface area (Å²) in [5.74, 6) is -0.205. The van der Waals surface area contributed by atoms with Crippen LogP contribution >= 0.6 is 22.5 Å². The largest absolute Gasteiger partial charge is 0.369 e. The molecule has 0 fully saturated rings. The summed E-state index contributed by atoms with van der Waals surface area (Å²) in [5.41, 5.74) is 5.48. The molecule has 0 aromatic heterocycles. The summed E-state index contributed by atoms with van der Waals surface area (Å²) >= 11 is 4.00. The zero-order valence-electron chi connectivity index (χ0n) is 12.0. The average molecular weight is 306 g/mol. The highest BCUT2D eigenvalue weighted by molar-refractivity contribution is 8.68. The Morgan fingerprint density at radius 3 is 2.42 bits per heavy atom. The van der Waals surface area contributed by atoms with Crippen molar-refractivity contribution < 1.29 is 9.59 Å². The van der Waals surface area contributed by atoms with Gasteiger partial charge in [0.25, 0.3) is 0 Å². The van der Waals surface area contributed by atoms with E-state index in [0.717, 1.165) is 12.8 Å². The van der Waals surface area contributed by atoms with Gasteiger partial charge in [-0.1, -0.05) is 44.4 Å². The first-order valence-corrected chi connectivity index (χ1v) is 8.78. The summed E-state index contributed by atoms with van der Waals surface area (Å²) in [4.78, 5) is 23.9. The fraction of sp³-hybridized carbons (Fsp3) is 0.846. The lowest BCUT2D eigenvalue weighted by molar-refractivity contribution is -0.133. The van der Waals surface area contributed by atoms with Crippen molar-refractivity contribution in [3.05, 3.63) is 0 Å². The molecule has 1 unspecified atom stereocenters. The number of unbranched alkanes of at least 4 members (excludes halogenated alkanes) is 1. The van der Waals surface area contributed by atoms with Gasteiger partial charge in [0.05, 0.1) is 12.4 Å². The highest BCUT2D eigenvalue weighted by Crippen LogP contribution is 2.26. The van der Waals surface area contributed by atoms with E-state index in [1.807, 2.05) is 13.8 Å². The maximum Gasteiger partial charge on any atom is 0.221 e. The van der Waals surface area contributed by atoms with E-state index in [9.17, 15) is 9.59 Å². The van der Waals surface area contributed by atoms with Gasteiger partial charge in [-0.2, -0.15) is 0 Å². The Morgan fingerprint density at radius 2 is 2.00 bits per heavy atom. The fourth-order valence-electron chi connectivity index (χ4n) is 2.32. The highest BCUT2D eigenvalue weighted by atomic mass is 33.1. The van der Waals surface area contributed by atoms with Crippen LogP contribution in [-0.4, -0.2) is 24.1 Å². The van der Waals surface area contributed by atoms with Gasteiger partial charge in [-0.25, -0.2) is 0 Å². The van der Waals surface area contributed by atoms with Crippen LogP contribution in [0, 0.1) is 17.8 Å². The number of hydrogen-bond donors (Lipinski definition) is 3. The molecule has 3 N–H and O–H groups in total. The molecule has 0 rings (SSSR count). The van der Waals surface area contributed by atoms with Crippen molar-refractivity contribution >= 4 is 34.1 Å². The Hall–Kier alpha value is -0.200. The average Bonchev–Trinajstić information content (AvgIpc) is 2.33. The summed E-state index contributed by atoms with van der Waals surface area (Å²) < 4.78 is 0. The molecule has 19 heavy (non-hydrogen) atoms. The lowest BCUT2D eigenvalue weighted by Crippen LogP contribution is -2.41. The van der Waals surface area contributed by atoms with Crippen LogP contribution in [0.1, 0.15) is 40.0 Å². The van der Waals surface area contributed by atoms with Crippen molar-refractivity contribution in [2.45, 2.75) is 40.0 Å². The van der Waals surface area contributed by atoms with Crippen LogP contribution < -0.4 is 11.1 Å². The quantitative estimate of drug-likeness (QED) is 0.237. The van der Waals surface area contributed by atoms with Crippen LogP contribution in [0.3, 0.4) is 0 Å². The third-order valence-corrected chi connectivity index (χ3v) is 3.94. The molecule has 0 aromatic carbocycles. The number of primary amides is 1. The van der Waals surface area contributed by atoms with E-state index in [-0.39, 0.29) is 36.0 Å². The number of carbonyl (C=O) groups is 2. The smallest absolute Gasteiger partial charge is 0.221 e. The van der Waals surface area contributed by atoms with Gasteiger partial charge < -0.3 is 11.1 Å². The predicted octanol–water partition coefficient (Wildman–Crippen LogP) is 2.24. The number of nitrogens with one attached hydrogen (secondary N) is 1. The van der Waals surface area contributed by atoms with E-state index < -0.39 is 0 Å². The second-order valence-electron chi connectivity index (χ2n) is 5.09. The normalized spacial score (nSPS) is 14.4. The maximum absolute atomic E-state index is 12.3. The minimum Gasteiger partial charge on any atom is -0.369 e. The number of Topliss-reactive ketones (excluding diaryl/α,β-unsaturated/α-hetero) is 1. The van der Waals surface area contributed by atoms with Gasteiger partial charge in [0.2, 0.25) is 5.91 Å². The van der Waals surface area contributed by atoms with Crippen LogP contribution in [0.5, 0.6) is 0 Å². The lowest BCUT2D eigenvalue weighted by atomic mass is 9.77.